The number of aromatic hydroxyl groups is 2. The van der Waals surface area contributed by atoms with Gasteiger partial charge in [-0.25, -0.2) is 0 Å². The van der Waals surface area contributed by atoms with Crippen LogP contribution in [0, 0.1) is 0 Å². The molecule has 0 radical (unpaired) electrons. The van der Waals surface area contributed by atoms with E-state index in [1.165, 1.54) is 11.3 Å². The lowest BCUT2D eigenvalue weighted by atomic mass is 9.98. The molecule has 0 bridgehead atoms. The van der Waals surface area contributed by atoms with Crippen molar-refractivity contribution in [1.29, 1.82) is 0 Å². The van der Waals surface area contributed by atoms with E-state index in [2.05, 4.69) is 4.99 Å². The molecule has 2 N–H and O–H groups in total. The standard InChI is InChI=1S/C15H15NO2S/c17-11-5-3-4-10(8-11)16-9-14-15(18)12-6-1-2-7-13(12)19-14/h3-5,8-9,17-18H,1-2,6-7H2. The molecule has 3 nitrogen and oxygen atoms in total. The van der Waals surface area contributed by atoms with Gasteiger partial charge in [0.2, 0.25) is 0 Å². The molecule has 0 saturated carbocycles. The highest BCUT2D eigenvalue weighted by atomic mass is 32.1. The van der Waals surface area contributed by atoms with Crippen LogP contribution in [0.4, 0.5) is 5.69 Å². The summed E-state index contributed by atoms with van der Waals surface area (Å²) < 4.78 is 0. The summed E-state index contributed by atoms with van der Waals surface area (Å²) in [6.45, 7) is 0. The highest BCUT2D eigenvalue weighted by Gasteiger charge is 2.19. The van der Waals surface area contributed by atoms with Gasteiger partial charge in [0, 0.05) is 22.7 Å². The predicted molar refractivity (Wildman–Crippen MR) is 78.0 cm³/mol. The maximum atomic E-state index is 10.2. The van der Waals surface area contributed by atoms with Crippen molar-refractivity contribution < 1.29 is 10.2 Å². The number of hydrogen-bond donors (Lipinski definition) is 2. The number of phenols is 1. The zero-order valence-electron chi connectivity index (χ0n) is 10.5. The Kier molecular flexibility index (Phi) is 3.25. The Bertz CT molecular complexity index is 631. The number of thiophene rings is 1. The van der Waals surface area contributed by atoms with Gasteiger partial charge in [-0.15, -0.1) is 11.3 Å². The third-order valence-electron chi connectivity index (χ3n) is 3.33. The average Bonchev–Trinajstić information content (AvgIpc) is 2.74. The summed E-state index contributed by atoms with van der Waals surface area (Å²) in [5, 5.41) is 19.6. The SMILES string of the molecule is Oc1cccc(N=Cc2sc3c(c2O)CCCC3)c1. The van der Waals surface area contributed by atoms with E-state index in [0.29, 0.717) is 11.4 Å². The number of aliphatic imine (C=N–C) groups is 1. The van der Waals surface area contributed by atoms with E-state index in [0.717, 1.165) is 29.7 Å². The van der Waals surface area contributed by atoms with Crippen molar-refractivity contribution in [2.75, 3.05) is 0 Å². The summed E-state index contributed by atoms with van der Waals surface area (Å²) in [5.41, 5.74) is 1.79. The summed E-state index contributed by atoms with van der Waals surface area (Å²) in [6, 6.07) is 6.78. The van der Waals surface area contributed by atoms with Crippen LogP contribution in [-0.2, 0) is 12.8 Å². The number of rotatable bonds is 2. The second-order valence-corrected chi connectivity index (χ2v) is 5.84. The first-order chi connectivity index (χ1) is 9.24. The summed E-state index contributed by atoms with van der Waals surface area (Å²) in [7, 11) is 0. The van der Waals surface area contributed by atoms with Crippen LogP contribution < -0.4 is 0 Å². The van der Waals surface area contributed by atoms with Crippen molar-refractivity contribution in [1.82, 2.24) is 0 Å². The molecule has 0 aliphatic heterocycles. The van der Waals surface area contributed by atoms with Crippen LogP contribution in [0.15, 0.2) is 29.3 Å². The number of benzene rings is 1. The van der Waals surface area contributed by atoms with E-state index < -0.39 is 0 Å². The fourth-order valence-electron chi connectivity index (χ4n) is 2.36. The van der Waals surface area contributed by atoms with E-state index in [1.807, 2.05) is 6.07 Å². The largest absolute Gasteiger partial charge is 0.508 e. The summed E-state index contributed by atoms with van der Waals surface area (Å²) in [4.78, 5) is 6.41. The fraction of sp³-hybridized carbons (Fsp3) is 0.267. The maximum Gasteiger partial charge on any atom is 0.138 e. The minimum absolute atomic E-state index is 0.198. The molecular weight excluding hydrogens is 258 g/mol. The molecule has 3 rings (SSSR count). The van der Waals surface area contributed by atoms with E-state index in [-0.39, 0.29) is 5.75 Å². The van der Waals surface area contributed by atoms with Crippen molar-refractivity contribution in [3.8, 4) is 11.5 Å². The zero-order valence-corrected chi connectivity index (χ0v) is 11.3. The lowest BCUT2D eigenvalue weighted by Crippen LogP contribution is -1.97. The molecule has 98 valence electrons. The summed E-state index contributed by atoms with van der Waals surface area (Å²) in [6.07, 6.45) is 6.08. The molecule has 0 amide bonds. The molecule has 4 heteroatoms. The van der Waals surface area contributed by atoms with E-state index in [4.69, 9.17) is 0 Å². The van der Waals surface area contributed by atoms with Gasteiger partial charge in [-0.3, -0.25) is 4.99 Å². The third kappa shape index (κ3) is 2.49. The van der Waals surface area contributed by atoms with E-state index >= 15 is 0 Å². The molecule has 0 fully saturated rings. The van der Waals surface area contributed by atoms with Gasteiger partial charge in [0.1, 0.15) is 11.5 Å². The quantitative estimate of drug-likeness (QED) is 0.818. The fourth-order valence-corrected chi connectivity index (χ4v) is 3.52. The lowest BCUT2D eigenvalue weighted by molar-refractivity contribution is 0.465. The van der Waals surface area contributed by atoms with Gasteiger partial charge in [-0.2, -0.15) is 0 Å². The topological polar surface area (TPSA) is 52.8 Å². The molecule has 1 aromatic carbocycles. The van der Waals surface area contributed by atoms with Crippen LogP contribution in [0.5, 0.6) is 11.5 Å². The minimum Gasteiger partial charge on any atom is -0.508 e. The van der Waals surface area contributed by atoms with E-state index in [9.17, 15) is 10.2 Å². The van der Waals surface area contributed by atoms with Crippen molar-refractivity contribution >= 4 is 23.2 Å². The lowest BCUT2D eigenvalue weighted by Gasteiger charge is -2.09. The van der Waals surface area contributed by atoms with Gasteiger partial charge in [0.15, 0.2) is 0 Å². The van der Waals surface area contributed by atoms with Gasteiger partial charge in [0.25, 0.3) is 0 Å². The normalized spacial score (nSPS) is 14.7. The Morgan fingerprint density at radius 1 is 1.16 bits per heavy atom. The van der Waals surface area contributed by atoms with Crippen LogP contribution in [0.3, 0.4) is 0 Å². The molecule has 2 aromatic rings. The van der Waals surface area contributed by atoms with Crippen LogP contribution in [-0.4, -0.2) is 16.4 Å². The third-order valence-corrected chi connectivity index (χ3v) is 4.55. The monoisotopic (exact) mass is 273 g/mol. The van der Waals surface area contributed by atoms with Crippen LogP contribution in [0.1, 0.15) is 28.2 Å². The Labute approximate surface area is 115 Å². The highest BCUT2D eigenvalue weighted by molar-refractivity contribution is 7.14. The molecule has 19 heavy (non-hydrogen) atoms. The molecular formula is C15H15NO2S. The first kappa shape index (κ1) is 12.2. The molecule has 0 atom stereocenters. The Balaban J connectivity index is 1.89. The van der Waals surface area contributed by atoms with Crippen LogP contribution in [0.2, 0.25) is 0 Å². The van der Waals surface area contributed by atoms with Gasteiger partial charge in [-0.05, 0) is 37.8 Å². The van der Waals surface area contributed by atoms with Crippen molar-refractivity contribution in [2.24, 2.45) is 4.99 Å². The molecule has 0 unspecified atom stereocenters. The molecule has 1 aliphatic rings. The number of hydrogen-bond acceptors (Lipinski definition) is 4. The Morgan fingerprint density at radius 3 is 2.79 bits per heavy atom. The van der Waals surface area contributed by atoms with Crippen LogP contribution in [0.25, 0.3) is 0 Å². The molecule has 1 aromatic heterocycles. The zero-order chi connectivity index (χ0) is 13.2. The summed E-state index contributed by atoms with van der Waals surface area (Å²) >= 11 is 1.62. The van der Waals surface area contributed by atoms with E-state index in [1.54, 1.807) is 35.8 Å². The summed E-state index contributed by atoms with van der Waals surface area (Å²) in [5.74, 6) is 0.591. The van der Waals surface area contributed by atoms with Gasteiger partial charge in [0.05, 0.1) is 10.6 Å². The van der Waals surface area contributed by atoms with Crippen molar-refractivity contribution in [2.45, 2.75) is 25.7 Å². The second-order valence-electron chi connectivity index (χ2n) is 4.70. The highest BCUT2D eigenvalue weighted by Crippen LogP contribution is 2.38. The van der Waals surface area contributed by atoms with Crippen LogP contribution >= 0.6 is 11.3 Å². The Hall–Kier alpha value is -1.81. The number of phenolic OH excluding ortho intramolecular Hbond substituents is 1. The number of nitrogens with zero attached hydrogens (tertiary/aromatic N) is 1. The molecule has 1 heterocycles. The van der Waals surface area contributed by atoms with Crippen molar-refractivity contribution in [3.05, 3.63) is 39.6 Å². The number of fused-ring (bicyclic) bond motifs is 1. The van der Waals surface area contributed by atoms with Gasteiger partial charge < -0.3 is 10.2 Å². The van der Waals surface area contributed by atoms with Crippen molar-refractivity contribution in [3.63, 3.8) is 0 Å². The predicted octanol–water partition coefficient (Wildman–Crippen LogP) is 3.79. The molecule has 0 saturated heterocycles. The number of aryl methyl sites for hydroxylation is 1. The van der Waals surface area contributed by atoms with Gasteiger partial charge in [-0.1, -0.05) is 6.07 Å². The second kappa shape index (κ2) is 5.05. The smallest absolute Gasteiger partial charge is 0.138 e. The minimum atomic E-state index is 0.198. The first-order valence-corrected chi connectivity index (χ1v) is 7.22. The Morgan fingerprint density at radius 2 is 2.00 bits per heavy atom. The maximum absolute atomic E-state index is 10.2. The average molecular weight is 273 g/mol. The molecule has 0 spiro atoms. The first-order valence-electron chi connectivity index (χ1n) is 6.40. The van der Waals surface area contributed by atoms with Gasteiger partial charge >= 0.3 is 0 Å². The molecule has 1 aliphatic carbocycles.